The van der Waals surface area contributed by atoms with Crippen LogP contribution in [0.15, 0.2) is 59.3 Å². The summed E-state index contributed by atoms with van der Waals surface area (Å²) in [5.74, 6) is -0.129. The number of amides is 2. The summed E-state index contributed by atoms with van der Waals surface area (Å²) < 4.78 is 0. The van der Waals surface area contributed by atoms with Crippen molar-refractivity contribution in [3.8, 4) is 0 Å². The fourth-order valence-electron chi connectivity index (χ4n) is 3.28. The summed E-state index contributed by atoms with van der Waals surface area (Å²) in [4.78, 5) is 29.1. The van der Waals surface area contributed by atoms with Crippen LogP contribution < -0.4 is 5.32 Å². The Morgan fingerprint density at radius 3 is 2.65 bits per heavy atom. The van der Waals surface area contributed by atoms with Crippen molar-refractivity contribution >= 4 is 40.2 Å². The van der Waals surface area contributed by atoms with Gasteiger partial charge in [0.25, 0.3) is 11.8 Å². The average molecular weight is 383 g/mol. The Bertz CT molecular complexity index is 904. The number of nitrogens with zero attached hydrogens (tertiary/aromatic N) is 1. The Labute approximate surface area is 160 Å². The molecule has 3 heterocycles. The van der Waals surface area contributed by atoms with Crippen LogP contribution in [-0.4, -0.2) is 23.3 Å². The number of likely N-dealkylation sites (tertiary alicyclic amines) is 1. The average Bonchev–Trinajstić information content (AvgIpc) is 3.43. The maximum atomic E-state index is 13.0. The van der Waals surface area contributed by atoms with E-state index in [0.717, 1.165) is 19.4 Å². The fourth-order valence-corrected chi connectivity index (χ4v) is 4.78. The second-order valence-electron chi connectivity index (χ2n) is 6.18. The summed E-state index contributed by atoms with van der Waals surface area (Å²) in [7, 11) is 0. The monoisotopic (exact) mass is 382 g/mol. The number of rotatable bonds is 4. The third-order valence-electron chi connectivity index (χ3n) is 4.50. The van der Waals surface area contributed by atoms with Gasteiger partial charge in [0, 0.05) is 22.7 Å². The van der Waals surface area contributed by atoms with E-state index in [9.17, 15) is 9.59 Å². The first-order valence-electron chi connectivity index (χ1n) is 8.51. The van der Waals surface area contributed by atoms with E-state index >= 15 is 0 Å². The number of carbonyl (C=O) groups is 2. The van der Waals surface area contributed by atoms with Crippen LogP contribution in [0, 0.1) is 0 Å². The molecule has 4 rings (SSSR count). The van der Waals surface area contributed by atoms with Gasteiger partial charge in [-0.1, -0.05) is 18.2 Å². The molecule has 4 nitrogen and oxygen atoms in total. The third-order valence-corrected chi connectivity index (χ3v) is 6.34. The molecule has 0 spiro atoms. The van der Waals surface area contributed by atoms with Gasteiger partial charge < -0.3 is 10.2 Å². The van der Waals surface area contributed by atoms with E-state index in [0.29, 0.717) is 16.1 Å². The highest BCUT2D eigenvalue weighted by Gasteiger charge is 2.31. The van der Waals surface area contributed by atoms with Gasteiger partial charge in [-0.15, -0.1) is 22.7 Å². The first kappa shape index (κ1) is 17.0. The molecule has 1 fully saturated rings. The van der Waals surface area contributed by atoms with Gasteiger partial charge in [0.2, 0.25) is 0 Å². The van der Waals surface area contributed by atoms with E-state index in [-0.39, 0.29) is 17.9 Å². The molecule has 2 amide bonds. The quantitative estimate of drug-likeness (QED) is 0.687. The zero-order valence-corrected chi connectivity index (χ0v) is 15.7. The zero-order valence-electron chi connectivity index (χ0n) is 14.1. The van der Waals surface area contributed by atoms with Crippen LogP contribution in [0.1, 0.15) is 43.8 Å². The molecule has 132 valence electrons. The van der Waals surface area contributed by atoms with Crippen LogP contribution in [0.25, 0.3) is 0 Å². The molecule has 1 N–H and O–H groups in total. The molecular formula is C20H18N2O2S2. The summed E-state index contributed by atoms with van der Waals surface area (Å²) in [5.41, 5.74) is 1.25. The first-order valence-corrected chi connectivity index (χ1v) is 10.3. The van der Waals surface area contributed by atoms with Crippen molar-refractivity contribution in [2.75, 3.05) is 11.9 Å². The van der Waals surface area contributed by atoms with Crippen LogP contribution in [0.5, 0.6) is 0 Å². The first-order chi connectivity index (χ1) is 12.7. The normalized spacial score (nSPS) is 16.6. The smallest absolute Gasteiger partial charge is 0.265 e. The number of anilines is 1. The Balaban J connectivity index is 1.52. The number of nitrogens with one attached hydrogen (secondary N) is 1. The second kappa shape index (κ2) is 7.43. The molecule has 26 heavy (non-hydrogen) atoms. The summed E-state index contributed by atoms with van der Waals surface area (Å²) in [6.07, 6.45) is 2.02. The molecule has 2 aromatic heterocycles. The lowest BCUT2D eigenvalue weighted by molar-refractivity contribution is 0.0737. The maximum absolute atomic E-state index is 13.0. The minimum Gasteiger partial charge on any atom is -0.331 e. The van der Waals surface area contributed by atoms with Crippen LogP contribution in [0.2, 0.25) is 0 Å². The van der Waals surface area contributed by atoms with Crippen molar-refractivity contribution in [1.29, 1.82) is 0 Å². The van der Waals surface area contributed by atoms with Crippen molar-refractivity contribution < 1.29 is 9.59 Å². The van der Waals surface area contributed by atoms with Crippen LogP contribution in [0.3, 0.4) is 0 Å². The van der Waals surface area contributed by atoms with E-state index in [2.05, 4.69) is 16.8 Å². The number of hydrogen-bond acceptors (Lipinski definition) is 4. The predicted octanol–water partition coefficient (Wildman–Crippen LogP) is 5.04. The lowest BCUT2D eigenvalue weighted by atomic mass is 10.1. The Hall–Kier alpha value is -2.44. The second-order valence-corrected chi connectivity index (χ2v) is 8.11. The Morgan fingerprint density at radius 1 is 1.04 bits per heavy atom. The van der Waals surface area contributed by atoms with Gasteiger partial charge >= 0.3 is 0 Å². The highest BCUT2D eigenvalue weighted by Crippen LogP contribution is 2.35. The largest absolute Gasteiger partial charge is 0.331 e. The van der Waals surface area contributed by atoms with E-state index in [4.69, 9.17) is 0 Å². The molecule has 6 heteroatoms. The maximum Gasteiger partial charge on any atom is 0.265 e. The molecule has 1 atom stereocenters. The molecule has 1 aromatic carbocycles. The Morgan fingerprint density at radius 2 is 1.88 bits per heavy atom. The summed E-state index contributed by atoms with van der Waals surface area (Å²) in [5, 5.41) is 6.79. The molecule has 1 aliphatic rings. The van der Waals surface area contributed by atoms with Crippen LogP contribution in [0.4, 0.5) is 5.69 Å². The molecule has 1 unspecified atom stereocenters. The van der Waals surface area contributed by atoms with Crippen LogP contribution >= 0.6 is 22.7 Å². The van der Waals surface area contributed by atoms with E-state index in [1.807, 2.05) is 40.6 Å². The van der Waals surface area contributed by atoms with E-state index in [1.54, 1.807) is 23.5 Å². The van der Waals surface area contributed by atoms with Gasteiger partial charge in [0.15, 0.2) is 0 Å². The number of hydrogen-bond donors (Lipinski definition) is 1. The van der Waals surface area contributed by atoms with Gasteiger partial charge in [0.1, 0.15) is 0 Å². The van der Waals surface area contributed by atoms with Gasteiger partial charge in [0.05, 0.1) is 10.9 Å². The lowest BCUT2D eigenvalue weighted by Crippen LogP contribution is -2.30. The third kappa shape index (κ3) is 3.43. The van der Waals surface area contributed by atoms with Gasteiger partial charge in [-0.3, -0.25) is 9.59 Å². The molecule has 0 bridgehead atoms. The van der Waals surface area contributed by atoms with E-state index < -0.39 is 0 Å². The number of benzene rings is 1. The lowest BCUT2D eigenvalue weighted by Gasteiger charge is -2.24. The molecule has 0 aliphatic carbocycles. The summed E-state index contributed by atoms with van der Waals surface area (Å²) in [6, 6.07) is 15.1. The molecule has 1 aliphatic heterocycles. The number of carbonyl (C=O) groups excluding carboxylic acids is 2. The standard InChI is InChI=1S/C20H18N2O2S2/c23-19(18-9-4-12-26-18)21-15-6-1-5-14(13-15)20(24)22-10-2-7-16(22)17-8-3-11-25-17/h1,3-6,8-9,11-13,16H,2,7,10H2,(H,21,23). The van der Waals surface area contributed by atoms with Crippen molar-refractivity contribution in [3.63, 3.8) is 0 Å². The fraction of sp³-hybridized carbons (Fsp3) is 0.200. The molecule has 0 saturated carbocycles. The zero-order chi connectivity index (χ0) is 17.9. The van der Waals surface area contributed by atoms with Crippen LogP contribution in [-0.2, 0) is 0 Å². The van der Waals surface area contributed by atoms with Crippen molar-refractivity contribution in [2.45, 2.75) is 18.9 Å². The van der Waals surface area contributed by atoms with Crippen molar-refractivity contribution in [2.24, 2.45) is 0 Å². The Kier molecular flexibility index (Phi) is 4.86. The van der Waals surface area contributed by atoms with Gasteiger partial charge in [-0.25, -0.2) is 0 Å². The molecule has 1 saturated heterocycles. The molecular weight excluding hydrogens is 364 g/mol. The number of thiophene rings is 2. The summed E-state index contributed by atoms with van der Waals surface area (Å²) in [6.45, 7) is 0.771. The SMILES string of the molecule is O=C(Nc1cccc(C(=O)N2CCCC2c2cccs2)c1)c1cccs1. The molecule has 0 radical (unpaired) electrons. The van der Waals surface area contributed by atoms with Crippen molar-refractivity contribution in [3.05, 3.63) is 74.6 Å². The minimum absolute atomic E-state index is 0.0214. The van der Waals surface area contributed by atoms with Crippen molar-refractivity contribution in [1.82, 2.24) is 4.90 Å². The predicted molar refractivity (Wildman–Crippen MR) is 106 cm³/mol. The van der Waals surface area contributed by atoms with E-state index in [1.165, 1.54) is 16.2 Å². The molecule has 3 aromatic rings. The minimum atomic E-state index is -0.151. The van der Waals surface area contributed by atoms with Gasteiger partial charge in [-0.05, 0) is 53.9 Å². The highest BCUT2D eigenvalue weighted by atomic mass is 32.1. The van der Waals surface area contributed by atoms with Gasteiger partial charge in [-0.2, -0.15) is 0 Å². The topological polar surface area (TPSA) is 49.4 Å². The highest BCUT2D eigenvalue weighted by molar-refractivity contribution is 7.12. The summed E-state index contributed by atoms with van der Waals surface area (Å²) >= 11 is 3.09.